The first-order chi connectivity index (χ1) is 13.5. The predicted molar refractivity (Wildman–Crippen MR) is 114 cm³/mol. The van der Waals surface area contributed by atoms with Crippen molar-refractivity contribution in [1.29, 1.82) is 0 Å². The fourth-order valence-electron chi connectivity index (χ4n) is 3.43. The van der Waals surface area contributed by atoms with Gasteiger partial charge in [0.2, 0.25) is 5.91 Å². The van der Waals surface area contributed by atoms with Crippen molar-refractivity contribution in [3.05, 3.63) is 59.2 Å². The molecule has 2 N–H and O–H groups in total. The number of hydrogen-bond acceptors (Lipinski definition) is 3. The van der Waals surface area contributed by atoms with Crippen molar-refractivity contribution in [2.75, 3.05) is 30.3 Å². The Morgan fingerprint density at radius 1 is 0.929 bits per heavy atom. The number of nitrogens with one attached hydrogen (secondary N) is 2. The van der Waals surface area contributed by atoms with E-state index in [1.165, 1.54) is 12.8 Å². The molecule has 1 fully saturated rings. The summed E-state index contributed by atoms with van der Waals surface area (Å²) in [6.45, 7) is 5.84. The molecule has 1 saturated heterocycles. The maximum atomic E-state index is 12.6. The molecule has 0 aliphatic carbocycles. The monoisotopic (exact) mass is 379 g/mol. The van der Waals surface area contributed by atoms with Crippen LogP contribution in [-0.4, -0.2) is 36.3 Å². The van der Waals surface area contributed by atoms with E-state index in [1.54, 1.807) is 0 Å². The zero-order valence-corrected chi connectivity index (χ0v) is 16.8. The summed E-state index contributed by atoms with van der Waals surface area (Å²) >= 11 is 0. The minimum atomic E-state index is -0.0987. The quantitative estimate of drug-likeness (QED) is 0.811. The van der Waals surface area contributed by atoms with E-state index in [0.717, 1.165) is 48.4 Å². The average molecular weight is 380 g/mol. The predicted octanol–water partition coefficient (Wildman–Crippen LogP) is 4.37. The second kappa shape index (κ2) is 9.40. The number of benzene rings is 2. The molecule has 5 heteroatoms. The molecule has 1 aliphatic rings. The Morgan fingerprint density at radius 2 is 1.61 bits per heavy atom. The van der Waals surface area contributed by atoms with Gasteiger partial charge in [0.1, 0.15) is 0 Å². The van der Waals surface area contributed by atoms with Gasteiger partial charge in [0.15, 0.2) is 0 Å². The van der Waals surface area contributed by atoms with Crippen molar-refractivity contribution < 1.29 is 9.59 Å². The molecule has 0 atom stereocenters. The fourth-order valence-corrected chi connectivity index (χ4v) is 3.43. The van der Waals surface area contributed by atoms with Gasteiger partial charge < -0.3 is 15.5 Å². The lowest BCUT2D eigenvalue weighted by molar-refractivity contribution is -0.114. The molecule has 1 aliphatic heterocycles. The molecule has 2 aromatic rings. The molecule has 1 heterocycles. The van der Waals surface area contributed by atoms with Crippen molar-refractivity contribution in [3.8, 4) is 0 Å². The summed E-state index contributed by atoms with van der Waals surface area (Å²) in [5.74, 6) is -0.000430. The Morgan fingerprint density at radius 3 is 2.29 bits per heavy atom. The topological polar surface area (TPSA) is 61.4 Å². The third kappa shape index (κ3) is 5.35. The van der Waals surface area contributed by atoms with Gasteiger partial charge in [-0.05, 0) is 68.1 Å². The van der Waals surface area contributed by atoms with Crippen LogP contribution in [0.1, 0.15) is 47.2 Å². The molecule has 0 aromatic heterocycles. The lowest BCUT2D eigenvalue weighted by atomic mass is 10.1. The fraction of sp³-hybridized carbons (Fsp3) is 0.391. The van der Waals surface area contributed by atoms with Gasteiger partial charge in [-0.15, -0.1) is 0 Å². The second-order valence-corrected chi connectivity index (χ2v) is 7.50. The summed E-state index contributed by atoms with van der Waals surface area (Å²) in [5, 5.41) is 6.06. The van der Waals surface area contributed by atoms with Crippen LogP contribution in [0.5, 0.6) is 0 Å². The highest BCUT2D eigenvalue weighted by atomic mass is 16.2. The Labute approximate surface area is 167 Å². The minimum absolute atomic E-state index is 0.0983. The number of anilines is 2. The zero-order valence-electron chi connectivity index (χ0n) is 16.8. The van der Waals surface area contributed by atoms with Gasteiger partial charge in [-0.3, -0.25) is 9.59 Å². The summed E-state index contributed by atoms with van der Waals surface area (Å²) in [7, 11) is 0. The van der Waals surface area contributed by atoms with E-state index in [4.69, 9.17) is 0 Å². The molecule has 0 saturated carbocycles. The van der Waals surface area contributed by atoms with Gasteiger partial charge in [-0.2, -0.15) is 0 Å². The average Bonchev–Trinajstić information content (AvgIpc) is 2.98. The van der Waals surface area contributed by atoms with Gasteiger partial charge in [-0.1, -0.05) is 25.0 Å². The highest BCUT2D eigenvalue weighted by molar-refractivity contribution is 5.95. The second-order valence-electron chi connectivity index (χ2n) is 7.50. The van der Waals surface area contributed by atoms with Crippen molar-refractivity contribution in [2.24, 2.45) is 0 Å². The first-order valence-electron chi connectivity index (χ1n) is 10.0. The van der Waals surface area contributed by atoms with E-state index in [1.807, 2.05) is 61.2 Å². The van der Waals surface area contributed by atoms with Crippen molar-refractivity contribution in [1.82, 2.24) is 4.90 Å². The van der Waals surface area contributed by atoms with E-state index in [9.17, 15) is 9.59 Å². The molecule has 0 unspecified atom stereocenters. The maximum Gasteiger partial charge on any atom is 0.253 e. The van der Waals surface area contributed by atoms with Crippen LogP contribution in [0.15, 0.2) is 42.5 Å². The third-order valence-electron chi connectivity index (χ3n) is 5.15. The van der Waals surface area contributed by atoms with E-state index >= 15 is 0 Å². The summed E-state index contributed by atoms with van der Waals surface area (Å²) in [4.78, 5) is 26.8. The highest BCUT2D eigenvalue weighted by Crippen LogP contribution is 2.17. The van der Waals surface area contributed by atoms with E-state index < -0.39 is 0 Å². The lowest BCUT2D eigenvalue weighted by Crippen LogP contribution is -2.31. The van der Waals surface area contributed by atoms with Crippen molar-refractivity contribution in [2.45, 2.75) is 39.5 Å². The smallest absolute Gasteiger partial charge is 0.253 e. The third-order valence-corrected chi connectivity index (χ3v) is 5.15. The molecule has 0 spiro atoms. The molecule has 5 nitrogen and oxygen atoms in total. The van der Waals surface area contributed by atoms with E-state index in [0.29, 0.717) is 5.56 Å². The molecule has 0 bridgehead atoms. The van der Waals surface area contributed by atoms with Crippen LogP contribution in [0.25, 0.3) is 0 Å². The van der Waals surface area contributed by atoms with Crippen LogP contribution in [0.3, 0.4) is 0 Å². The van der Waals surface area contributed by atoms with Crippen LogP contribution in [0.2, 0.25) is 0 Å². The number of aryl methyl sites for hydroxylation is 2. The summed E-state index contributed by atoms with van der Waals surface area (Å²) < 4.78 is 0. The first-order valence-corrected chi connectivity index (χ1v) is 10.0. The molecule has 3 rings (SSSR count). The molecule has 148 valence electrons. The number of carbonyl (C=O) groups excluding carboxylic acids is 2. The van der Waals surface area contributed by atoms with Crippen LogP contribution >= 0.6 is 0 Å². The van der Waals surface area contributed by atoms with Crippen LogP contribution in [-0.2, 0) is 4.79 Å². The number of amides is 2. The van der Waals surface area contributed by atoms with Crippen LogP contribution < -0.4 is 10.6 Å². The molecular weight excluding hydrogens is 350 g/mol. The van der Waals surface area contributed by atoms with Crippen molar-refractivity contribution in [3.63, 3.8) is 0 Å². The Hall–Kier alpha value is -2.82. The molecule has 2 amide bonds. The van der Waals surface area contributed by atoms with Gasteiger partial charge >= 0.3 is 0 Å². The first kappa shape index (κ1) is 19.9. The number of carbonyl (C=O) groups is 2. The minimum Gasteiger partial charge on any atom is -0.376 e. The van der Waals surface area contributed by atoms with E-state index in [2.05, 4.69) is 10.6 Å². The van der Waals surface area contributed by atoms with E-state index in [-0.39, 0.29) is 18.4 Å². The summed E-state index contributed by atoms with van der Waals surface area (Å²) in [6.07, 6.45) is 4.58. The Balaban J connectivity index is 1.53. The highest BCUT2D eigenvalue weighted by Gasteiger charge is 2.17. The van der Waals surface area contributed by atoms with Crippen LogP contribution in [0, 0.1) is 13.8 Å². The number of likely N-dealkylation sites (tertiary alicyclic amines) is 1. The molecule has 0 radical (unpaired) electrons. The number of nitrogens with zero attached hydrogens (tertiary/aromatic N) is 1. The Kier molecular flexibility index (Phi) is 6.69. The lowest BCUT2D eigenvalue weighted by Gasteiger charge is -2.20. The largest absolute Gasteiger partial charge is 0.376 e. The van der Waals surface area contributed by atoms with Gasteiger partial charge in [0.05, 0.1) is 6.54 Å². The number of rotatable bonds is 5. The van der Waals surface area contributed by atoms with Crippen LogP contribution in [0.4, 0.5) is 11.4 Å². The Bertz CT molecular complexity index is 822. The molecule has 2 aromatic carbocycles. The standard InChI is InChI=1S/C23H29N3O2/c1-17-7-8-18(2)21(15-17)25-22(27)16-24-20-11-9-19(10-12-20)23(28)26-13-5-3-4-6-14-26/h7-12,15,24H,3-6,13-14,16H2,1-2H3,(H,25,27). The molecule has 28 heavy (non-hydrogen) atoms. The summed E-state index contributed by atoms with van der Waals surface area (Å²) in [6, 6.07) is 13.4. The van der Waals surface area contributed by atoms with Gasteiger partial charge in [-0.25, -0.2) is 0 Å². The normalized spacial score (nSPS) is 14.3. The van der Waals surface area contributed by atoms with Gasteiger partial charge in [0, 0.05) is 30.0 Å². The molecular formula is C23H29N3O2. The summed E-state index contributed by atoms with van der Waals surface area (Å²) in [5.41, 5.74) is 4.51. The number of hydrogen-bond donors (Lipinski definition) is 2. The maximum absolute atomic E-state index is 12.6. The zero-order chi connectivity index (χ0) is 19.9. The SMILES string of the molecule is Cc1ccc(C)c(NC(=O)CNc2ccc(C(=O)N3CCCCCC3)cc2)c1. The van der Waals surface area contributed by atoms with Crippen molar-refractivity contribution >= 4 is 23.2 Å². The van der Waals surface area contributed by atoms with Gasteiger partial charge in [0.25, 0.3) is 5.91 Å².